The molecule has 0 saturated carbocycles. The molecule has 2 aromatic rings. The number of hydrogen-bond acceptors (Lipinski definition) is 6. The Morgan fingerprint density at radius 3 is 2.75 bits per heavy atom. The highest BCUT2D eigenvalue weighted by atomic mass is 32.2. The lowest BCUT2D eigenvalue weighted by atomic mass is 10.0. The predicted molar refractivity (Wildman–Crippen MR) is 87.0 cm³/mol. The normalized spacial score (nSPS) is 22.8. The Bertz CT molecular complexity index is 798. The maximum atomic E-state index is 12.3. The second-order valence-electron chi connectivity index (χ2n) is 5.93. The summed E-state index contributed by atoms with van der Waals surface area (Å²) >= 11 is 0. The number of hydrogen-bond donors (Lipinski definition) is 1. The lowest BCUT2D eigenvalue weighted by molar-refractivity contribution is -0.0616. The third-order valence-electron chi connectivity index (χ3n) is 4.22. The van der Waals surface area contributed by atoms with E-state index in [1.807, 2.05) is 20.2 Å². The van der Waals surface area contributed by atoms with Gasteiger partial charge in [0.1, 0.15) is 5.76 Å². The van der Waals surface area contributed by atoms with Crippen LogP contribution in [0.5, 0.6) is 0 Å². The minimum Gasteiger partial charge on any atom is -0.449 e. The third-order valence-corrected chi connectivity index (χ3v) is 5.52. The van der Waals surface area contributed by atoms with Crippen LogP contribution in [0.15, 0.2) is 33.9 Å². The molecule has 1 aliphatic rings. The van der Waals surface area contributed by atoms with Crippen molar-refractivity contribution in [2.24, 2.45) is 7.05 Å². The Morgan fingerprint density at radius 1 is 1.33 bits per heavy atom. The van der Waals surface area contributed by atoms with E-state index in [0.717, 1.165) is 12.2 Å². The Morgan fingerprint density at radius 2 is 2.12 bits per heavy atom. The first-order valence-electron chi connectivity index (χ1n) is 7.74. The van der Waals surface area contributed by atoms with Crippen LogP contribution in [0.1, 0.15) is 17.5 Å². The summed E-state index contributed by atoms with van der Waals surface area (Å²) in [4.78, 5) is 2.15. The molecular formula is C15H22N4O4S. The van der Waals surface area contributed by atoms with Gasteiger partial charge in [0.15, 0.2) is 0 Å². The van der Waals surface area contributed by atoms with Crippen molar-refractivity contribution in [2.75, 3.05) is 26.7 Å². The zero-order valence-electron chi connectivity index (χ0n) is 14.0. The SMILES string of the molecule is Cc1ccc(S(=O)(=O)NC[C@@H]2OCCN(C)[C@H]2c2ccnn2C)o1. The van der Waals surface area contributed by atoms with Gasteiger partial charge in [0, 0.05) is 26.3 Å². The molecule has 0 radical (unpaired) electrons. The molecule has 2 aromatic heterocycles. The molecule has 1 N–H and O–H groups in total. The summed E-state index contributed by atoms with van der Waals surface area (Å²) in [6.45, 7) is 3.19. The molecule has 1 aliphatic heterocycles. The molecule has 3 rings (SSSR count). The standard InChI is InChI=1S/C15H22N4O4S/c1-11-4-5-14(23-11)24(20,21)17-10-13-15(18(2)8-9-22-13)12-6-7-16-19(12)3/h4-7,13,15,17H,8-10H2,1-3H3/t13-,15-/m0/s1. The van der Waals surface area contributed by atoms with Gasteiger partial charge in [0.25, 0.3) is 10.0 Å². The van der Waals surface area contributed by atoms with Gasteiger partial charge in [0.2, 0.25) is 5.09 Å². The van der Waals surface area contributed by atoms with Gasteiger partial charge in [-0.1, -0.05) is 0 Å². The van der Waals surface area contributed by atoms with Gasteiger partial charge in [-0.05, 0) is 32.2 Å². The van der Waals surface area contributed by atoms with Crippen molar-refractivity contribution in [3.8, 4) is 0 Å². The van der Waals surface area contributed by atoms with Gasteiger partial charge in [-0.2, -0.15) is 5.10 Å². The average molecular weight is 354 g/mol. The molecule has 0 bridgehead atoms. The highest BCUT2D eigenvalue weighted by Gasteiger charge is 2.34. The summed E-state index contributed by atoms with van der Waals surface area (Å²) in [5.74, 6) is 0.553. The van der Waals surface area contributed by atoms with E-state index in [-0.39, 0.29) is 23.8 Å². The number of nitrogens with one attached hydrogen (secondary N) is 1. The second-order valence-corrected chi connectivity index (χ2v) is 7.63. The molecule has 0 spiro atoms. The van der Waals surface area contributed by atoms with Crippen molar-refractivity contribution in [1.82, 2.24) is 19.4 Å². The largest absolute Gasteiger partial charge is 0.449 e. The molecule has 0 aromatic carbocycles. The molecule has 0 unspecified atom stereocenters. The zero-order chi connectivity index (χ0) is 17.3. The Hall–Kier alpha value is -1.68. The van der Waals surface area contributed by atoms with E-state index >= 15 is 0 Å². The van der Waals surface area contributed by atoms with Crippen molar-refractivity contribution in [3.05, 3.63) is 35.9 Å². The van der Waals surface area contributed by atoms with E-state index in [1.54, 1.807) is 23.9 Å². The number of rotatable bonds is 5. The molecule has 2 atom stereocenters. The Kier molecular flexibility index (Phi) is 4.77. The summed E-state index contributed by atoms with van der Waals surface area (Å²) in [5.41, 5.74) is 0.982. The van der Waals surface area contributed by atoms with Crippen molar-refractivity contribution in [2.45, 2.75) is 24.2 Å². The maximum absolute atomic E-state index is 12.3. The van der Waals surface area contributed by atoms with Crippen LogP contribution in [-0.4, -0.2) is 55.9 Å². The second kappa shape index (κ2) is 6.67. The first-order valence-corrected chi connectivity index (χ1v) is 9.22. The van der Waals surface area contributed by atoms with E-state index < -0.39 is 10.0 Å². The van der Waals surface area contributed by atoms with Crippen molar-refractivity contribution >= 4 is 10.0 Å². The van der Waals surface area contributed by atoms with Crippen LogP contribution in [0.2, 0.25) is 0 Å². The van der Waals surface area contributed by atoms with Gasteiger partial charge in [-0.15, -0.1) is 0 Å². The fourth-order valence-electron chi connectivity index (χ4n) is 2.94. The summed E-state index contributed by atoms with van der Waals surface area (Å²) in [5, 5.41) is 4.12. The number of morpholine rings is 1. The number of nitrogens with zero attached hydrogens (tertiary/aromatic N) is 3. The molecule has 0 aliphatic carbocycles. The van der Waals surface area contributed by atoms with Gasteiger partial charge in [0.05, 0.1) is 24.4 Å². The molecule has 132 valence electrons. The molecule has 0 amide bonds. The maximum Gasteiger partial charge on any atom is 0.274 e. The Labute approximate surface area is 141 Å². The lowest BCUT2D eigenvalue weighted by Crippen LogP contribution is -2.48. The highest BCUT2D eigenvalue weighted by molar-refractivity contribution is 7.89. The number of aromatic nitrogens is 2. The van der Waals surface area contributed by atoms with Crippen molar-refractivity contribution < 1.29 is 17.6 Å². The minimum atomic E-state index is -3.70. The highest BCUT2D eigenvalue weighted by Crippen LogP contribution is 2.28. The van der Waals surface area contributed by atoms with Crippen LogP contribution < -0.4 is 4.72 Å². The molecule has 3 heterocycles. The van der Waals surface area contributed by atoms with Crippen molar-refractivity contribution in [3.63, 3.8) is 0 Å². The smallest absolute Gasteiger partial charge is 0.274 e. The summed E-state index contributed by atoms with van der Waals surface area (Å²) in [6, 6.07) is 4.92. The third kappa shape index (κ3) is 3.39. The van der Waals surface area contributed by atoms with Gasteiger partial charge >= 0.3 is 0 Å². The monoisotopic (exact) mass is 354 g/mol. The van der Waals surface area contributed by atoms with Crippen LogP contribution >= 0.6 is 0 Å². The van der Waals surface area contributed by atoms with Gasteiger partial charge < -0.3 is 9.15 Å². The molecule has 1 fully saturated rings. The van der Waals surface area contributed by atoms with Crippen molar-refractivity contribution in [1.29, 1.82) is 0 Å². The quantitative estimate of drug-likeness (QED) is 0.849. The predicted octanol–water partition coefficient (Wildman–Crippen LogP) is 0.672. The van der Waals surface area contributed by atoms with Gasteiger partial charge in [-0.3, -0.25) is 9.58 Å². The topological polar surface area (TPSA) is 89.6 Å². The van der Waals surface area contributed by atoms with E-state index in [0.29, 0.717) is 12.4 Å². The van der Waals surface area contributed by atoms with E-state index in [4.69, 9.17) is 9.15 Å². The van der Waals surface area contributed by atoms with E-state index in [2.05, 4.69) is 14.7 Å². The van der Waals surface area contributed by atoms with Crippen LogP contribution in [-0.2, 0) is 21.8 Å². The first kappa shape index (κ1) is 17.2. The van der Waals surface area contributed by atoms with Crippen LogP contribution in [0, 0.1) is 6.92 Å². The lowest BCUT2D eigenvalue weighted by Gasteiger charge is -2.39. The summed E-state index contributed by atoms with van der Waals surface area (Å²) in [6.07, 6.45) is 1.41. The molecule has 8 nitrogen and oxygen atoms in total. The fourth-order valence-corrected chi connectivity index (χ4v) is 3.96. The minimum absolute atomic E-state index is 0.0766. The van der Waals surface area contributed by atoms with E-state index in [1.165, 1.54) is 6.07 Å². The summed E-state index contributed by atoms with van der Waals surface area (Å²) < 4.78 is 40.1. The van der Waals surface area contributed by atoms with E-state index in [9.17, 15) is 8.42 Å². The molecule has 24 heavy (non-hydrogen) atoms. The van der Waals surface area contributed by atoms with Crippen LogP contribution in [0.3, 0.4) is 0 Å². The zero-order valence-corrected chi connectivity index (χ0v) is 14.8. The van der Waals surface area contributed by atoms with Crippen LogP contribution in [0.4, 0.5) is 0 Å². The fraction of sp³-hybridized carbons (Fsp3) is 0.533. The molecular weight excluding hydrogens is 332 g/mol. The molecule has 1 saturated heterocycles. The number of furan rings is 1. The first-order chi connectivity index (χ1) is 11.4. The Balaban J connectivity index is 1.76. The average Bonchev–Trinajstić information content (AvgIpc) is 3.14. The van der Waals surface area contributed by atoms with Crippen LogP contribution in [0.25, 0.3) is 0 Å². The number of aryl methyl sites for hydroxylation is 2. The molecule has 9 heteroatoms. The summed E-state index contributed by atoms with van der Waals surface area (Å²) in [7, 11) is 0.167. The number of sulfonamides is 1. The number of likely N-dealkylation sites (N-methyl/N-ethyl adjacent to an activating group) is 1. The van der Waals surface area contributed by atoms with Gasteiger partial charge in [-0.25, -0.2) is 13.1 Å². The number of ether oxygens (including phenoxy) is 1.